The molecule has 3 aromatic carbocycles. The van der Waals surface area contributed by atoms with E-state index in [4.69, 9.17) is 17.0 Å². The number of hydrogen-bond donors (Lipinski definition) is 1. The Morgan fingerprint density at radius 2 is 1.71 bits per heavy atom. The van der Waals surface area contributed by atoms with Gasteiger partial charge in [0.2, 0.25) is 5.91 Å². The highest BCUT2D eigenvalue weighted by Crippen LogP contribution is 2.30. The SMILES string of the molecule is COc1ccc(N2C(=O)C(CC(=O)Nc3ccc(I)cc3)N(Cc3ccc(F)cc3)C2=S)cc1. The fourth-order valence-corrected chi connectivity index (χ4v) is 4.44. The molecule has 0 aliphatic carbocycles. The summed E-state index contributed by atoms with van der Waals surface area (Å²) in [6.45, 7) is 0.263. The summed E-state index contributed by atoms with van der Waals surface area (Å²) in [6.07, 6.45) is -0.0845. The maximum absolute atomic E-state index is 13.5. The van der Waals surface area contributed by atoms with Crippen LogP contribution in [0.4, 0.5) is 15.8 Å². The van der Waals surface area contributed by atoms with Crippen molar-refractivity contribution in [2.75, 3.05) is 17.3 Å². The van der Waals surface area contributed by atoms with E-state index < -0.39 is 6.04 Å². The number of carbonyl (C=O) groups excluding carboxylic acids is 2. The molecule has 0 bridgehead atoms. The van der Waals surface area contributed by atoms with Gasteiger partial charge >= 0.3 is 0 Å². The molecule has 2 amide bonds. The van der Waals surface area contributed by atoms with Crippen LogP contribution in [0.1, 0.15) is 12.0 Å². The molecule has 174 valence electrons. The van der Waals surface area contributed by atoms with Crippen LogP contribution in [0.25, 0.3) is 0 Å². The van der Waals surface area contributed by atoms with Gasteiger partial charge in [-0.2, -0.15) is 0 Å². The highest BCUT2D eigenvalue weighted by Gasteiger charge is 2.44. The minimum absolute atomic E-state index is 0.0845. The second-order valence-electron chi connectivity index (χ2n) is 7.68. The summed E-state index contributed by atoms with van der Waals surface area (Å²) in [7, 11) is 1.56. The summed E-state index contributed by atoms with van der Waals surface area (Å²) in [5.74, 6) is -0.298. The van der Waals surface area contributed by atoms with Crippen LogP contribution in [-0.2, 0) is 16.1 Å². The van der Waals surface area contributed by atoms with E-state index in [9.17, 15) is 14.0 Å². The number of thiocarbonyl (C=S) groups is 1. The number of hydrogen-bond acceptors (Lipinski definition) is 4. The van der Waals surface area contributed by atoms with Gasteiger partial charge in [0.05, 0.1) is 19.2 Å². The zero-order valence-electron chi connectivity index (χ0n) is 18.2. The average Bonchev–Trinajstić information content (AvgIpc) is 3.06. The quantitative estimate of drug-likeness (QED) is 0.312. The van der Waals surface area contributed by atoms with E-state index in [2.05, 4.69) is 27.9 Å². The molecule has 1 aliphatic heterocycles. The van der Waals surface area contributed by atoms with Crippen molar-refractivity contribution in [3.05, 3.63) is 87.7 Å². The monoisotopic (exact) mass is 589 g/mol. The van der Waals surface area contributed by atoms with Crippen molar-refractivity contribution in [1.82, 2.24) is 4.90 Å². The van der Waals surface area contributed by atoms with Gasteiger partial charge in [-0.15, -0.1) is 0 Å². The van der Waals surface area contributed by atoms with Crippen LogP contribution < -0.4 is 15.0 Å². The molecule has 1 aliphatic rings. The zero-order chi connectivity index (χ0) is 24.2. The summed E-state index contributed by atoms with van der Waals surface area (Å²) in [5.41, 5.74) is 2.01. The molecule has 4 rings (SSSR count). The molecule has 1 N–H and O–H groups in total. The number of rotatable bonds is 7. The summed E-state index contributed by atoms with van der Waals surface area (Å²) >= 11 is 7.86. The van der Waals surface area contributed by atoms with Crippen LogP contribution in [0.5, 0.6) is 5.75 Å². The molecule has 1 unspecified atom stereocenters. The Bertz CT molecular complexity index is 1200. The first kappa shape index (κ1) is 24.1. The standard InChI is InChI=1S/C25H21FIN3O3S/c1-33-21-12-10-20(11-13-21)30-24(32)22(14-23(31)28-19-8-6-18(27)7-9-19)29(25(30)34)15-16-2-4-17(26)5-3-16/h2-13,22H,14-15H2,1H3,(H,28,31). The van der Waals surface area contributed by atoms with Gasteiger partial charge < -0.3 is 15.0 Å². The first-order valence-corrected chi connectivity index (χ1v) is 11.9. The lowest BCUT2D eigenvalue weighted by Crippen LogP contribution is -2.37. The van der Waals surface area contributed by atoms with E-state index >= 15 is 0 Å². The molecule has 9 heteroatoms. The van der Waals surface area contributed by atoms with Gasteiger partial charge in [0, 0.05) is 15.8 Å². The number of methoxy groups -OCH3 is 1. The molecule has 0 saturated carbocycles. The molecular formula is C25H21FIN3O3S. The Hall–Kier alpha value is -3.05. The zero-order valence-corrected chi connectivity index (χ0v) is 21.2. The van der Waals surface area contributed by atoms with Gasteiger partial charge in [-0.1, -0.05) is 12.1 Å². The molecule has 6 nitrogen and oxygen atoms in total. The number of amides is 2. The number of benzene rings is 3. The van der Waals surface area contributed by atoms with Crippen LogP contribution in [-0.4, -0.2) is 35.0 Å². The smallest absolute Gasteiger partial charge is 0.256 e. The van der Waals surface area contributed by atoms with Crippen LogP contribution >= 0.6 is 34.8 Å². The number of anilines is 2. The number of ether oxygens (including phenoxy) is 1. The predicted octanol–water partition coefficient (Wildman–Crippen LogP) is 4.97. The second kappa shape index (κ2) is 10.5. The summed E-state index contributed by atoms with van der Waals surface area (Å²) in [4.78, 5) is 29.5. The molecule has 0 aromatic heterocycles. The molecule has 1 heterocycles. The lowest BCUT2D eigenvalue weighted by molar-refractivity contribution is -0.124. The minimum Gasteiger partial charge on any atom is -0.497 e. The lowest BCUT2D eigenvalue weighted by Gasteiger charge is -2.24. The minimum atomic E-state index is -0.802. The predicted molar refractivity (Wildman–Crippen MR) is 141 cm³/mol. The van der Waals surface area contributed by atoms with Gasteiger partial charge in [0.15, 0.2) is 5.11 Å². The summed E-state index contributed by atoms with van der Waals surface area (Å²) < 4.78 is 19.7. The molecule has 1 atom stereocenters. The first-order valence-electron chi connectivity index (χ1n) is 10.4. The average molecular weight is 589 g/mol. The summed E-state index contributed by atoms with van der Waals surface area (Å²) in [5, 5.41) is 3.13. The van der Waals surface area contributed by atoms with Gasteiger partial charge in [-0.25, -0.2) is 4.39 Å². The van der Waals surface area contributed by atoms with Crippen LogP contribution in [0, 0.1) is 9.39 Å². The van der Waals surface area contributed by atoms with Gasteiger partial charge in [-0.05, 0) is 101 Å². The van der Waals surface area contributed by atoms with Crippen molar-refractivity contribution in [3.8, 4) is 5.75 Å². The molecule has 1 saturated heterocycles. The second-order valence-corrected chi connectivity index (χ2v) is 9.29. The largest absolute Gasteiger partial charge is 0.497 e. The van der Waals surface area contributed by atoms with E-state index in [0.29, 0.717) is 17.1 Å². The van der Waals surface area contributed by atoms with Crippen molar-refractivity contribution in [2.45, 2.75) is 19.0 Å². The maximum Gasteiger partial charge on any atom is 0.256 e. The van der Waals surface area contributed by atoms with Crippen LogP contribution in [0.15, 0.2) is 72.8 Å². The lowest BCUT2D eigenvalue weighted by atomic mass is 10.1. The fourth-order valence-electron chi connectivity index (χ4n) is 3.69. The highest BCUT2D eigenvalue weighted by atomic mass is 127. The maximum atomic E-state index is 13.5. The number of carbonyl (C=O) groups is 2. The molecule has 1 fully saturated rings. The molecule has 0 spiro atoms. The molecule has 34 heavy (non-hydrogen) atoms. The van der Waals surface area contributed by atoms with Crippen molar-refractivity contribution in [3.63, 3.8) is 0 Å². The molecule has 3 aromatic rings. The Kier molecular flexibility index (Phi) is 7.42. The third-order valence-corrected chi connectivity index (χ3v) is 6.56. The number of halogens is 2. The van der Waals surface area contributed by atoms with E-state index in [1.807, 2.05) is 12.1 Å². The fraction of sp³-hybridized carbons (Fsp3) is 0.160. The molecular weight excluding hydrogens is 568 g/mol. The molecule has 0 radical (unpaired) electrons. The normalized spacial score (nSPS) is 15.6. The van der Waals surface area contributed by atoms with Gasteiger partial charge in [0.25, 0.3) is 5.91 Å². The van der Waals surface area contributed by atoms with Gasteiger partial charge in [0.1, 0.15) is 17.6 Å². The Labute approximate surface area is 215 Å². The van der Waals surface area contributed by atoms with Crippen molar-refractivity contribution >= 4 is 63.1 Å². The van der Waals surface area contributed by atoms with Crippen molar-refractivity contribution in [2.24, 2.45) is 0 Å². The van der Waals surface area contributed by atoms with E-state index in [-0.39, 0.29) is 35.7 Å². The van der Waals surface area contributed by atoms with E-state index in [1.54, 1.807) is 60.5 Å². The van der Waals surface area contributed by atoms with E-state index in [0.717, 1.165) is 9.13 Å². The topological polar surface area (TPSA) is 61.9 Å². The highest BCUT2D eigenvalue weighted by molar-refractivity contribution is 14.1. The Balaban J connectivity index is 1.59. The van der Waals surface area contributed by atoms with Gasteiger partial charge in [-0.3, -0.25) is 14.5 Å². The Morgan fingerprint density at radius 3 is 2.32 bits per heavy atom. The first-order chi connectivity index (χ1) is 16.4. The number of nitrogens with one attached hydrogen (secondary N) is 1. The summed E-state index contributed by atoms with van der Waals surface area (Å²) in [6, 6.07) is 19.6. The van der Waals surface area contributed by atoms with Crippen LogP contribution in [0.2, 0.25) is 0 Å². The van der Waals surface area contributed by atoms with Crippen molar-refractivity contribution < 1.29 is 18.7 Å². The Morgan fingerprint density at radius 1 is 1.06 bits per heavy atom. The van der Waals surface area contributed by atoms with Crippen LogP contribution in [0.3, 0.4) is 0 Å². The van der Waals surface area contributed by atoms with E-state index in [1.165, 1.54) is 17.0 Å². The van der Waals surface area contributed by atoms with Crippen molar-refractivity contribution in [1.29, 1.82) is 0 Å². The third kappa shape index (κ3) is 5.36. The third-order valence-electron chi connectivity index (χ3n) is 5.42. The number of nitrogens with zero attached hydrogens (tertiary/aromatic N) is 2.